The van der Waals surface area contributed by atoms with Gasteiger partial charge in [0.15, 0.2) is 0 Å². The number of hydrogen-bond acceptors (Lipinski definition) is 7. The average molecular weight is 648 g/mol. The van der Waals surface area contributed by atoms with Crippen molar-refractivity contribution in [3.63, 3.8) is 0 Å². The van der Waals surface area contributed by atoms with E-state index in [1.54, 1.807) is 20.5 Å². The topological polar surface area (TPSA) is 93.1 Å². The minimum atomic E-state index is -4.51. The number of H-pyrrole nitrogens is 1. The van der Waals surface area contributed by atoms with Gasteiger partial charge in [0.25, 0.3) is 0 Å². The summed E-state index contributed by atoms with van der Waals surface area (Å²) in [6, 6.07) is 5.30. The Kier molecular flexibility index (Phi) is 9.29. The van der Waals surface area contributed by atoms with Crippen LogP contribution in [0.3, 0.4) is 0 Å². The first-order chi connectivity index (χ1) is 21.6. The van der Waals surface area contributed by atoms with Gasteiger partial charge in [0.05, 0.1) is 39.2 Å². The summed E-state index contributed by atoms with van der Waals surface area (Å²) < 4.78 is 54.2. The van der Waals surface area contributed by atoms with Crippen LogP contribution < -0.4 is 5.32 Å². The fourth-order valence-electron chi connectivity index (χ4n) is 6.80. The van der Waals surface area contributed by atoms with Crippen LogP contribution in [0.5, 0.6) is 0 Å². The number of imidazole rings is 1. The normalized spacial score (nSPS) is 22.4. The Balaban J connectivity index is 1.10. The van der Waals surface area contributed by atoms with E-state index in [1.165, 1.54) is 18.9 Å². The summed E-state index contributed by atoms with van der Waals surface area (Å²) in [5.41, 5.74) is 0.835. The summed E-state index contributed by atoms with van der Waals surface area (Å²) in [6.45, 7) is 6.15. The van der Waals surface area contributed by atoms with E-state index in [4.69, 9.17) is 21.1 Å². The Hall–Kier alpha value is -2.93. The lowest BCUT2D eigenvalue weighted by Gasteiger charge is -2.32. The van der Waals surface area contributed by atoms with Gasteiger partial charge in [-0.15, -0.1) is 0 Å². The van der Waals surface area contributed by atoms with Crippen LogP contribution in [-0.2, 0) is 22.1 Å². The number of aromatic nitrogens is 5. The fraction of sp³-hybridized carbons (Fsp3) is 0.594. The number of unbranched alkanes of at least 4 members (excludes halogenated alkanes) is 1. The molecule has 244 valence electrons. The summed E-state index contributed by atoms with van der Waals surface area (Å²) in [7, 11) is 3.51. The Bertz CT molecular complexity index is 1620. The van der Waals surface area contributed by atoms with E-state index in [1.807, 2.05) is 0 Å². The maximum atomic E-state index is 13.3. The molecule has 2 N–H and O–H groups in total. The van der Waals surface area contributed by atoms with Gasteiger partial charge in [-0.2, -0.15) is 13.2 Å². The second kappa shape index (κ2) is 13.1. The van der Waals surface area contributed by atoms with Crippen LogP contribution in [0.1, 0.15) is 63.4 Å². The number of nitrogens with zero attached hydrogens (tertiary/aromatic N) is 5. The van der Waals surface area contributed by atoms with E-state index in [0.29, 0.717) is 35.4 Å². The number of alkyl halides is 3. The van der Waals surface area contributed by atoms with Crippen molar-refractivity contribution < 1.29 is 22.6 Å². The van der Waals surface area contributed by atoms with E-state index in [0.717, 1.165) is 55.3 Å². The van der Waals surface area contributed by atoms with E-state index in [9.17, 15) is 13.2 Å². The summed E-state index contributed by atoms with van der Waals surface area (Å²) in [5, 5.41) is 4.21. The van der Waals surface area contributed by atoms with Crippen LogP contribution in [-0.4, -0.2) is 81.0 Å². The summed E-state index contributed by atoms with van der Waals surface area (Å²) in [4.78, 5) is 19.2. The Morgan fingerprint density at radius 1 is 1.13 bits per heavy atom. The second-order valence-electron chi connectivity index (χ2n) is 12.6. The SMILES string of the molecule is CO[C@@H]1[C@@H](CN(CCCCc2nc3cc(Cl)c(C(F)(F)F)cc3[nH]2)C(C)C)C[C@@H](n2ccc3c(NC4CC4)ncnc32)[C@@H]1OC. The molecule has 2 aliphatic rings. The lowest BCUT2D eigenvalue weighted by Crippen LogP contribution is -2.41. The Labute approximate surface area is 265 Å². The maximum absolute atomic E-state index is 13.3. The van der Waals surface area contributed by atoms with Crippen molar-refractivity contribution in [2.75, 3.05) is 32.6 Å². The minimum Gasteiger partial charge on any atom is -0.378 e. The van der Waals surface area contributed by atoms with Crippen LogP contribution in [0.25, 0.3) is 22.1 Å². The first-order valence-electron chi connectivity index (χ1n) is 15.7. The molecule has 1 aromatic carbocycles. The largest absolute Gasteiger partial charge is 0.417 e. The van der Waals surface area contributed by atoms with E-state index in [-0.39, 0.29) is 29.2 Å². The third kappa shape index (κ3) is 6.79. The van der Waals surface area contributed by atoms with E-state index < -0.39 is 11.7 Å². The maximum Gasteiger partial charge on any atom is 0.417 e. The third-order valence-electron chi connectivity index (χ3n) is 9.27. The van der Waals surface area contributed by atoms with Crippen molar-refractivity contribution in [3.05, 3.63) is 47.1 Å². The Morgan fingerprint density at radius 3 is 2.60 bits per heavy atom. The molecule has 0 bridgehead atoms. The van der Waals surface area contributed by atoms with Gasteiger partial charge in [-0.05, 0) is 70.7 Å². The van der Waals surface area contributed by atoms with Gasteiger partial charge >= 0.3 is 6.18 Å². The van der Waals surface area contributed by atoms with Gasteiger partial charge < -0.3 is 29.2 Å². The molecular weight excluding hydrogens is 607 g/mol. The molecule has 6 rings (SSSR count). The highest BCUT2D eigenvalue weighted by Gasteiger charge is 2.46. The molecule has 3 aromatic heterocycles. The first kappa shape index (κ1) is 32.0. The van der Waals surface area contributed by atoms with Gasteiger partial charge in [0.2, 0.25) is 0 Å². The molecule has 0 amide bonds. The molecule has 2 saturated carbocycles. The number of ether oxygens (including phenoxy) is 2. The molecule has 9 nitrogen and oxygen atoms in total. The smallest absolute Gasteiger partial charge is 0.378 e. The lowest BCUT2D eigenvalue weighted by atomic mass is 10.0. The molecule has 4 aromatic rings. The fourth-order valence-corrected chi connectivity index (χ4v) is 7.06. The highest BCUT2D eigenvalue weighted by molar-refractivity contribution is 6.32. The molecular formula is C32H41ClF3N7O2. The quantitative estimate of drug-likeness (QED) is 0.153. The van der Waals surface area contributed by atoms with Gasteiger partial charge in [-0.3, -0.25) is 0 Å². The number of halogens is 4. The number of methoxy groups -OCH3 is 2. The molecule has 0 unspecified atom stereocenters. The number of nitrogens with one attached hydrogen (secondary N) is 2. The minimum absolute atomic E-state index is 0.0691. The van der Waals surface area contributed by atoms with Crippen molar-refractivity contribution in [1.29, 1.82) is 0 Å². The van der Waals surface area contributed by atoms with Crippen molar-refractivity contribution in [2.24, 2.45) is 5.92 Å². The monoisotopic (exact) mass is 647 g/mol. The molecule has 0 spiro atoms. The van der Waals surface area contributed by atoms with Gasteiger partial charge in [-0.25, -0.2) is 15.0 Å². The zero-order valence-electron chi connectivity index (χ0n) is 26.1. The van der Waals surface area contributed by atoms with Crippen molar-refractivity contribution in [2.45, 2.75) is 88.9 Å². The van der Waals surface area contributed by atoms with E-state index in [2.05, 4.69) is 60.8 Å². The lowest BCUT2D eigenvalue weighted by molar-refractivity contribution is -0.137. The molecule has 13 heteroatoms. The number of benzene rings is 1. The molecule has 3 heterocycles. The van der Waals surface area contributed by atoms with Crippen LogP contribution in [0.2, 0.25) is 5.02 Å². The van der Waals surface area contributed by atoms with E-state index >= 15 is 0 Å². The molecule has 0 radical (unpaired) electrons. The van der Waals surface area contributed by atoms with Crippen molar-refractivity contribution in [1.82, 2.24) is 29.4 Å². The number of aromatic amines is 1. The van der Waals surface area contributed by atoms with Crippen LogP contribution >= 0.6 is 11.6 Å². The standard InChI is InChI=1S/C32H41ClF3N7O2/c1-18(2)42(11-6-5-7-27-40-24-14-22(32(34,35)36)23(33)15-25(24)41-27)16-19-13-26(29(45-4)28(19)44-3)43-12-10-21-30(39-20-8-9-20)37-17-38-31(21)43/h10,12,14-15,17-20,26,28-29H,5-9,11,13,16H2,1-4H3,(H,40,41)(H,37,38,39)/t19-,26-,28-,29+/m1/s1. The van der Waals surface area contributed by atoms with Gasteiger partial charge in [0.1, 0.15) is 29.7 Å². The predicted molar refractivity (Wildman–Crippen MR) is 169 cm³/mol. The van der Waals surface area contributed by atoms with Crippen molar-refractivity contribution >= 4 is 39.5 Å². The van der Waals surface area contributed by atoms with Crippen molar-refractivity contribution in [3.8, 4) is 0 Å². The molecule has 2 fully saturated rings. The summed E-state index contributed by atoms with van der Waals surface area (Å²) in [5.74, 6) is 1.80. The predicted octanol–water partition coefficient (Wildman–Crippen LogP) is 6.88. The molecule has 0 aliphatic heterocycles. The molecule has 0 saturated heterocycles. The highest BCUT2D eigenvalue weighted by atomic mass is 35.5. The second-order valence-corrected chi connectivity index (χ2v) is 13.0. The van der Waals surface area contributed by atoms with Gasteiger partial charge in [-0.1, -0.05) is 11.6 Å². The number of aryl methyl sites for hydroxylation is 1. The molecule has 2 aliphatic carbocycles. The number of fused-ring (bicyclic) bond motifs is 2. The summed E-state index contributed by atoms with van der Waals surface area (Å²) >= 11 is 5.88. The zero-order valence-corrected chi connectivity index (χ0v) is 26.8. The highest BCUT2D eigenvalue weighted by Crippen LogP contribution is 2.42. The number of hydrogen-bond donors (Lipinski definition) is 2. The summed E-state index contributed by atoms with van der Waals surface area (Å²) in [6.07, 6.45) is 4.65. The van der Waals surface area contributed by atoms with Crippen LogP contribution in [0.15, 0.2) is 30.7 Å². The average Bonchev–Trinajstić information content (AvgIpc) is 3.40. The first-order valence-corrected chi connectivity index (χ1v) is 16.1. The van der Waals surface area contributed by atoms with Crippen LogP contribution in [0, 0.1) is 5.92 Å². The zero-order chi connectivity index (χ0) is 31.9. The number of anilines is 1. The number of rotatable bonds is 13. The third-order valence-corrected chi connectivity index (χ3v) is 9.59. The van der Waals surface area contributed by atoms with Gasteiger partial charge in [0, 0.05) is 51.4 Å². The Morgan fingerprint density at radius 2 is 1.91 bits per heavy atom. The van der Waals surface area contributed by atoms with Crippen LogP contribution in [0.4, 0.5) is 19.0 Å². The molecule has 45 heavy (non-hydrogen) atoms. The molecule has 4 atom stereocenters.